The number of nitrogens with zero attached hydrogens (tertiary/aromatic N) is 3. The number of hydrogen-bond acceptors (Lipinski definition) is 5. The molecule has 2 fully saturated rings. The molecule has 0 bridgehead atoms. The number of carbonyl (C=O) groups is 1. The number of benzene rings is 1. The maximum absolute atomic E-state index is 13.1. The van der Waals surface area contributed by atoms with Crippen LogP contribution in [0.2, 0.25) is 5.02 Å². The summed E-state index contributed by atoms with van der Waals surface area (Å²) in [5, 5.41) is 14.9. The van der Waals surface area contributed by atoms with E-state index in [2.05, 4.69) is 36.1 Å². The van der Waals surface area contributed by atoms with Gasteiger partial charge in [0.1, 0.15) is 5.82 Å². The second-order valence-electron chi connectivity index (χ2n) is 9.62. The van der Waals surface area contributed by atoms with Gasteiger partial charge in [-0.3, -0.25) is 4.79 Å². The molecular weight excluding hydrogens is 412 g/mol. The number of pyridine rings is 1. The van der Waals surface area contributed by atoms with Crippen molar-refractivity contribution in [2.24, 2.45) is 5.92 Å². The fourth-order valence-electron chi connectivity index (χ4n) is 5.07. The summed E-state index contributed by atoms with van der Waals surface area (Å²) in [5.41, 5.74) is 0.345. The Morgan fingerprint density at radius 2 is 2.13 bits per heavy atom. The minimum Gasteiger partial charge on any atom is -0.388 e. The van der Waals surface area contributed by atoms with Crippen LogP contribution >= 0.6 is 11.6 Å². The van der Waals surface area contributed by atoms with Gasteiger partial charge in [-0.25, -0.2) is 4.98 Å². The third-order valence-corrected chi connectivity index (χ3v) is 7.21. The summed E-state index contributed by atoms with van der Waals surface area (Å²) in [4.78, 5) is 22.4. The van der Waals surface area contributed by atoms with Gasteiger partial charge in [0.05, 0.1) is 21.7 Å². The fourth-order valence-corrected chi connectivity index (χ4v) is 5.32. The van der Waals surface area contributed by atoms with Crippen LogP contribution in [-0.4, -0.2) is 66.3 Å². The van der Waals surface area contributed by atoms with Crippen molar-refractivity contribution >= 4 is 34.2 Å². The summed E-state index contributed by atoms with van der Waals surface area (Å²) >= 11 is 6.43. The van der Waals surface area contributed by atoms with Gasteiger partial charge in [-0.15, -0.1) is 0 Å². The monoisotopic (exact) mass is 444 g/mol. The zero-order valence-corrected chi connectivity index (χ0v) is 19.5. The lowest BCUT2D eigenvalue weighted by Crippen LogP contribution is -2.45. The van der Waals surface area contributed by atoms with Crippen molar-refractivity contribution in [1.82, 2.24) is 15.2 Å². The number of hydrogen-bond donors (Lipinski definition) is 2. The Morgan fingerprint density at radius 1 is 1.32 bits per heavy atom. The summed E-state index contributed by atoms with van der Waals surface area (Å²) in [6, 6.07) is 8.05. The van der Waals surface area contributed by atoms with Crippen molar-refractivity contribution in [1.29, 1.82) is 0 Å². The van der Waals surface area contributed by atoms with E-state index < -0.39 is 5.60 Å². The molecule has 168 valence electrons. The lowest BCUT2D eigenvalue weighted by Gasteiger charge is -2.35. The molecule has 1 unspecified atom stereocenters. The highest BCUT2D eigenvalue weighted by molar-refractivity contribution is 6.35. The average molecular weight is 445 g/mol. The molecule has 3 atom stereocenters. The highest BCUT2D eigenvalue weighted by Gasteiger charge is 2.33. The van der Waals surface area contributed by atoms with Crippen molar-refractivity contribution in [3.05, 3.63) is 34.9 Å². The number of amides is 1. The molecule has 2 heterocycles. The summed E-state index contributed by atoms with van der Waals surface area (Å²) in [6.07, 6.45) is 4.66. The Morgan fingerprint density at radius 3 is 2.84 bits per heavy atom. The molecule has 6 nitrogen and oxygen atoms in total. The smallest absolute Gasteiger partial charge is 0.253 e. The van der Waals surface area contributed by atoms with Gasteiger partial charge in [-0.2, -0.15) is 0 Å². The third-order valence-electron chi connectivity index (χ3n) is 6.90. The Balaban J connectivity index is 1.53. The standard InChI is InChI=1S/C24H33ClN4O2/c1-16-5-4-11-24(31,13-16)15-26-23(30)22-18-6-9-21(27-20(18)8-7-19(22)25)29-12-10-17(14-29)28(2)3/h6-9,16-17,31H,4-5,10-15H2,1-3H3,(H,26,30)/t16?,17-,24-/m1/s1. The molecule has 0 spiro atoms. The molecule has 1 aromatic heterocycles. The Labute approximate surface area is 189 Å². The number of fused-ring (bicyclic) bond motifs is 1. The summed E-state index contributed by atoms with van der Waals surface area (Å²) in [7, 11) is 4.22. The quantitative estimate of drug-likeness (QED) is 0.735. The van der Waals surface area contributed by atoms with E-state index in [1.807, 2.05) is 18.2 Å². The van der Waals surface area contributed by atoms with Crippen LogP contribution in [0.3, 0.4) is 0 Å². The lowest BCUT2D eigenvalue weighted by atomic mass is 9.79. The van der Waals surface area contributed by atoms with Crippen molar-refractivity contribution in [3.8, 4) is 0 Å². The first kappa shape index (κ1) is 22.3. The molecule has 1 aliphatic heterocycles. The van der Waals surface area contributed by atoms with Gasteiger partial charge in [0.2, 0.25) is 0 Å². The second-order valence-corrected chi connectivity index (χ2v) is 10.0. The van der Waals surface area contributed by atoms with Gasteiger partial charge < -0.3 is 20.2 Å². The highest BCUT2D eigenvalue weighted by Crippen LogP contribution is 2.32. The lowest BCUT2D eigenvalue weighted by molar-refractivity contribution is -0.0109. The first-order valence-corrected chi connectivity index (χ1v) is 11.6. The SMILES string of the molecule is CC1CCC[C@](O)(CNC(=O)c2c(Cl)ccc3nc(N4CC[C@@H](N(C)C)C4)ccc23)C1. The number of carbonyl (C=O) groups excluding carboxylic acids is 1. The van der Waals surface area contributed by atoms with E-state index in [1.54, 1.807) is 6.07 Å². The predicted molar refractivity (Wildman–Crippen MR) is 126 cm³/mol. The summed E-state index contributed by atoms with van der Waals surface area (Å²) < 4.78 is 0. The fraction of sp³-hybridized carbons (Fsp3) is 0.583. The van der Waals surface area contributed by atoms with Gasteiger partial charge in [0, 0.05) is 31.1 Å². The number of anilines is 1. The number of likely N-dealkylation sites (N-methyl/N-ethyl adjacent to an activating group) is 1. The van der Waals surface area contributed by atoms with Crippen molar-refractivity contribution in [2.45, 2.75) is 50.7 Å². The van der Waals surface area contributed by atoms with Crippen LogP contribution in [-0.2, 0) is 0 Å². The van der Waals surface area contributed by atoms with Crippen LogP contribution in [0.15, 0.2) is 24.3 Å². The first-order chi connectivity index (χ1) is 14.8. The van der Waals surface area contributed by atoms with E-state index in [4.69, 9.17) is 16.6 Å². The zero-order valence-electron chi connectivity index (χ0n) is 18.7. The minimum atomic E-state index is -0.839. The van der Waals surface area contributed by atoms with Crippen LogP contribution in [0.1, 0.15) is 49.4 Å². The van der Waals surface area contributed by atoms with E-state index in [-0.39, 0.29) is 12.5 Å². The molecule has 4 rings (SSSR count). The van der Waals surface area contributed by atoms with Crippen molar-refractivity contribution in [3.63, 3.8) is 0 Å². The Kier molecular flexibility index (Phi) is 6.42. The zero-order chi connectivity index (χ0) is 22.2. The molecule has 1 saturated heterocycles. The molecule has 0 radical (unpaired) electrons. The van der Waals surface area contributed by atoms with E-state index in [1.165, 1.54) is 0 Å². The van der Waals surface area contributed by atoms with E-state index >= 15 is 0 Å². The topological polar surface area (TPSA) is 68.7 Å². The predicted octanol–water partition coefficient (Wildman–Crippen LogP) is 3.70. The van der Waals surface area contributed by atoms with E-state index in [0.717, 1.165) is 55.5 Å². The van der Waals surface area contributed by atoms with Gasteiger partial charge in [0.25, 0.3) is 5.91 Å². The van der Waals surface area contributed by atoms with Crippen LogP contribution in [0.4, 0.5) is 5.82 Å². The van der Waals surface area contributed by atoms with Crippen LogP contribution in [0.25, 0.3) is 10.9 Å². The van der Waals surface area contributed by atoms with Crippen LogP contribution in [0, 0.1) is 5.92 Å². The molecule has 2 aromatic rings. The second kappa shape index (κ2) is 8.93. The molecule has 1 aromatic carbocycles. The average Bonchev–Trinajstić information content (AvgIpc) is 3.22. The summed E-state index contributed by atoms with van der Waals surface area (Å²) in [5.74, 6) is 1.14. The third kappa shape index (κ3) is 4.81. The van der Waals surface area contributed by atoms with Gasteiger partial charge in [-0.1, -0.05) is 31.4 Å². The van der Waals surface area contributed by atoms with Gasteiger partial charge in [-0.05, 0) is 63.5 Å². The van der Waals surface area contributed by atoms with E-state index in [0.29, 0.717) is 29.0 Å². The molecule has 2 aliphatic rings. The molecule has 1 amide bonds. The van der Waals surface area contributed by atoms with Gasteiger partial charge in [0.15, 0.2) is 0 Å². The Bertz CT molecular complexity index is 966. The van der Waals surface area contributed by atoms with Crippen molar-refractivity contribution < 1.29 is 9.90 Å². The normalized spacial score (nSPS) is 26.6. The Hall–Kier alpha value is -1.89. The van der Waals surface area contributed by atoms with Gasteiger partial charge >= 0.3 is 0 Å². The number of nitrogens with one attached hydrogen (secondary N) is 1. The number of rotatable bonds is 5. The molecule has 1 aliphatic carbocycles. The largest absolute Gasteiger partial charge is 0.388 e. The summed E-state index contributed by atoms with van der Waals surface area (Å²) in [6.45, 7) is 4.31. The minimum absolute atomic E-state index is 0.244. The van der Waals surface area contributed by atoms with Crippen LogP contribution in [0.5, 0.6) is 0 Å². The maximum Gasteiger partial charge on any atom is 0.253 e. The maximum atomic E-state index is 13.1. The molecule has 1 saturated carbocycles. The first-order valence-electron chi connectivity index (χ1n) is 11.3. The van der Waals surface area contributed by atoms with E-state index in [9.17, 15) is 9.90 Å². The highest BCUT2D eigenvalue weighted by atomic mass is 35.5. The number of aliphatic hydroxyl groups is 1. The molecule has 2 N–H and O–H groups in total. The molecule has 7 heteroatoms. The molecular formula is C24H33ClN4O2. The van der Waals surface area contributed by atoms with Crippen molar-refractivity contribution in [2.75, 3.05) is 38.6 Å². The van der Waals surface area contributed by atoms with Crippen LogP contribution < -0.4 is 10.2 Å². The molecule has 31 heavy (non-hydrogen) atoms. The number of halogens is 1. The number of aromatic nitrogens is 1.